The Labute approximate surface area is 208 Å². The molecule has 5 heteroatoms. The topological polar surface area (TPSA) is 58.6 Å². The number of esters is 1. The third kappa shape index (κ3) is 5.04. The molecule has 2 atom stereocenters. The molecule has 5 nitrogen and oxygen atoms in total. The Kier molecular flexibility index (Phi) is 7.74. The molecule has 2 unspecified atom stereocenters. The van der Waals surface area contributed by atoms with E-state index in [-0.39, 0.29) is 17.7 Å². The third-order valence-electron chi connectivity index (χ3n) is 7.11. The molecular weight excluding hydrogens is 436 g/mol. The summed E-state index contributed by atoms with van der Waals surface area (Å²) < 4.78 is 5.58. The molecular formula is C30H36N2O3. The second kappa shape index (κ2) is 10.9. The minimum absolute atomic E-state index is 0.0960. The fourth-order valence-electron chi connectivity index (χ4n) is 5.34. The van der Waals surface area contributed by atoms with Crippen LogP contribution in [0.15, 0.2) is 77.1 Å². The van der Waals surface area contributed by atoms with Crippen molar-refractivity contribution in [1.82, 2.24) is 5.32 Å². The van der Waals surface area contributed by atoms with Crippen LogP contribution in [0, 0.1) is 0 Å². The molecule has 0 fully saturated rings. The summed E-state index contributed by atoms with van der Waals surface area (Å²) in [7, 11) is 0. The van der Waals surface area contributed by atoms with Gasteiger partial charge in [0.15, 0.2) is 5.78 Å². The van der Waals surface area contributed by atoms with E-state index < -0.39 is 5.92 Å². The van der Waals surface area contributed by atoms with Crippen LogP contribution in [-0.4, -0.2) is 31.4 Å². The molecule has 184 valence electrons. The predicted molar refractivity (Wildman–Crippen MR) is 140 cm³/mol. The number of Topliss-reactive ketones (excluding diaryl/α,β-unsaturated/α-hetero) is 1. The van der Waals surface area contributed by atoms with E-state index in [1.54, 1.807) is 0 Å². The molecule has 1 N–H and O–H groups in total. The molecule has 1 aliphatic heterocycles. The van der Waals surface area contributed by atoms with Crippen LogP contribution < -0.4 is 10.2 Å². The quantitative estimate of drug-likeness (QED) is 0.489. The van der Waals surface area contributed by atoms with Crippen LogP contribution >= 0.6 is 0 Å². The van der Waals surface area contributed by atoms with Gasteiger partial charge in [0.05, 0.1) is 12.2 Å². The lowest BCUT2D eigenvalue weighted by atomic mass is 9.71. The maximum atomic E-state index is 13.7. The van der Waals surface area contributed by atoms with Gasteiger partial charge in [-0.1, -0.05) is 49.4 Å². The van der Waals surface area contributed by atoms with Gasteiger partial charge in [0.2, 0.25) is 0 Å². The SMILES string of the molecule is CCCOC(=O)C1=C(C)NC2=C(C(=O)CC(c3ccccc3)C2)C1c1ccc(N(CC)CC)cc1. The molecule has 2 aromatic carbocycles. The van der Waals surface area contributed by atoms with E-state index in [1.165, 1.54) is 5.56 Å². The zero-order valence-corrected chi connectivity index (χ0v) is 21.3. The number of carbonyl (C=O) groups is 2. The highest BCUT2D eigenvalue weighted by molar-refractivity contribution is 6.04. The van der Waals surface area contributed by atoms with Crippen molar-refractivity contribution < 1.29 is 14.3 Å². The van der Waals surface area contributed by atoms with E-state index in [1.807, 2.05) is 32.0 Å². The van der Waals surface area contributed by atoms with Crippen LogP contribution in [0.25, 0.3) is 0 Å². The van der Waals surface area contributed by atoms with Gasteiger partial charge in [-0.3, -0.25) is 4.79 Å². The lowest BCUT2D eigenvalue weighted by Gasteiger charge is -2.37. The summed E-state index contributed by atoms with van der Waals surface area (Å²) in [5.74, 6) is -0.550. The predicted octanol–water partition coefficient (Wildman–Crippen LogP) is 5.85. The van der Waals surface area contributed by atoms with Crippen molar-refractivity contribution in [1.29, 1.82) is 0 Å². The van der Waals surface area contributed by atoms with Crippen molar-refractivity contribution in [2.75, 3.05) is 24.6 Å². The fourth-order valence-corrected chi connectivity index (χ4v) is 5.34. The number of hydrogen-bond acceptors (Lipinski definition) is 5. The molecule has 1 heterocycles. The van der Waals surface area contributed by atoms with Gasteiger partial charge in [0.25, 0.3) is 0 Å². The summed E-state index contributed by atoms with van der Waals surface area (Å²) in [6, 6.07) is 18.5. The number of rotatable bonds is 8. The number of dihydropyridines is 1. The van der Waals surface area contributed by atoms with E-state index in [9.17, 15) is 9.59 Å². The molecule has 2 aliphatic rings. The first-order valence-electron chi connectivity index (χ1n) is 12.8. The summed E-state index contributed by atoms with van der Waals surface area (Å²) in [6.45, 7) is 10.4. The van der Waals surface area contributed by atoms with Crippen LogP contribution in [0.2, 0.25) is 0 Å². The van der Waals surface area contributed by atoms with E-state index in [2.05, 4.69) is 60.5 Å². The summed E-state index contributed by atoms with van der Waals surface area (Å²) in [5.41, 5.74) is 6.20. The summed E-state index contributed by atoms with van der Waals surface area (Å²) in [6.07, 6.45) is 1.93. The highest BCUT2D eigenvalue weighted by Gasteiger charge is 2.41. The molecule has 0 saturated carbocycles. The summed E-state index contributed by atoms with van der Waals surface area (Å²) in [5, 5.41) is 3.43. The van der Waals surface area contributed by atoms with Crippen LogP contribution in [0.5, 0.6) is 0 Å². The average Bonchev–Trinajstić information content (AvgIpc) is 2.88. The summed E-state index contributed by atoms with van der Waals surface area (Å²) in [4.78, 5) is 29.2. The number of ketones is 1. The van der Waals surface area contributed by atoms with Crippen molar-refractivity contribution in [3.8, 4) is 0 Å². The van der Waals surface area contributed by atoms with Gasteiger partial charge in [-0.15, -0.1) is 0 Å². The maximum Gasteiger partial charge on any atom is 0.336 e. The van der Waals surface area contributed by atoms with Gasteiger partial charge in [-0.25, -0.2) is 4.79 Å². The van der Waals surface area contributed by atoms with Crippen molar-refractivity contribution in [3.05, 3.63) is 88.3 Å². The molecule has 2 aromatic rings. The summed E-state index contributed by atoms with van der Waals surface area (Å²) >= 11 is 0. The van der Waals surface area contributed by atoms with Crippen LogP contribution in [0.4, 0.5) is 5.69 Å². The number of anilines is 1. The average molecular weight is 473 g/mol. The Balaban J connectivity index is 1.76. The Morgan fingerprint density at radius 3 is 2.29 bits per heavy atom. The molecule has 1 aliphatic carbocycles. The number of hydrogen-bond donors (Lipinski definition) is 1. The molecule has 0 bridgehead atoms. The number of benzene rings is 2. The standard InChI is InChI=1S/C30H36N2O3/c1-5-17-35-30(34)27-20(4)31-25-18-23(21-11-9-8-10-12-21)19-26(33)29(25)28(27)22-13-15-24(16-14-22)32(6-2)7-3/h8-16,23,28,31H,5-7,17-19H2,1-4H3. The van der Waals surface area contributed by atoms with Gasteiger partial charge >= 0.3 is 5.97 Å². The van der Waals surface area contributed by atoms with E-state index in [0.29, 0.717) is 24.2 Å². The van der Waals surface area contributed by atoms with Crippen molar-refractivity contribution in [2.45, 2.75) is 58.8 Å². The second-order valence-corrected chi connectivity index (χ2v) is 9.33. The highest BCUT2D eigenvalue weighted by Crippen LogP contribution is 2.45. The van der Waals surface area contributed by atoms with E-state index >= 15 is 0 Å². The van der Waals surface area contributed by atoms with Gasteiger partial charge in [-0.05, 0) is 62.8 Å². The molecule has 0 amide bonds. The molecule has 0 spiro atoms. The molecule has 0 saturated heterocycles. The molecule has 0 aromatic heterocycles. The number of allylic oxidation sites excluding steroid dienone is 3. The highest BCUT2D eigenvalue weighted by atomic mass is 16.5. The first kappa shape index (κ1) is 24.8. The Morgan fingerprint density at radius 1 is 0.971 bits per heavy atom. The molecule has 35 heavy (non-hydrogen) atoms. The van der Waals surface area contributed by atoms with Crippen molar-refractivity contribution in [2.24, 2.45) is 0 Å². The monoisotopic (exact) mass is 472 g/mol. The molecule has 0 radical (unpaired) electrons. The Morgan fingerprint density at radius 2 is 1.66 bits per heavy atom. The van der Waals surface area contributed by atoms with Gasteiger partial charge in [-0.2, -0.15) is 0 Å². The Bertz CT molecular complexity index is 1130. The zero-order chi connectivity index (χ0) is 24.9. The third-order valence-corrected chi connectivity index (χ3v) is 7.11. The lowest BCUT2D eigenvalue weighted by molar-refractivity contribution is -0.139. The number of nitrogens with one attached hydrogen (secondary N) is 1. The van der Waals surface area contributed by atoms with Gasteiger partial charge in [0, 0.05) is 48.1 Å². The maximum absolute atomic E-state index is 13.7. The van der Waals surface area contributed by atoms with Crippen LogP contribution in [-0.2, 0) is 14.3 Å². The normalized spacial score (nSPS) is 19.8. The first-order valence-corrected chi connectivity index (χ1v) is 12.8. The largest absolute Gasteiger partial charge is 0.462 e. The van der Waals surface area contributed by atoms with Crippen LogP contribution in [0.3, 0.4) is 0 Å². The number of nitrogens with zero attached hydrogens (tertiary/aromatic N) is 1. The lowest BCUT2D eigenvalue weighted by Crippen LogP contribution is -2.36. The minimum Gasteiger partial charge on any atom is -0.462 e. The van der Waals surface area contributed by atoms with Crippen molar-refractivity contribution in [3.63, 3.8) is 0 Å². The number of carbonyl (C=O) groups excluding carboxylic acids is 2. The van der Waals surface area contributed by atoms with E-state index in [0.717, 1.165) is 48.6 Å². The second-order valence-electron chi connectivity index (χ2n) is 9.33. The first-order chi connectivity index (χ1) is 17.0. The minimum atomic E-state index is -0.425. The van der Waals surface area contributed by atoms with Gasteiger partial charge in [0.1, 0.15) is 0 Å². The van der Waals surface area contributed by atoms with Crippen molar-refractivity contribution >= 4 is 17.4 Å². The smallest absolute Gasteiger partial charge is 0.336 e. The fraction of sp³-hybridized carbons (Fsp3) is 0.400. The van der Waals surface area contributed by atoms with Gasteiger partial charge < -0.3 is 15.0 Å². The zero-order valence-electron chi connectivity index (χ0n) is 21.3. The number of ether oxygens (including phenoxy) is 1. The Hall–Kier alpha value is -3.34. The van der Waals surface area contributed by atoms with Crippen LogP contribution in [0.1, 0.15) is 69.9 Å². The molecule has 4 rings (SSSR count). The van der Waals surface area contributed by atoms with E-state index in [4.69, 9.17) is 4.74 Å².